The first-order valence-electron chi connectivity index (χ1n) is 17.5. The van der Waals surface area contributed by atoms with Gasteiger partial charge in [-0.2, -0.15) is 0 Å². The average molecular weight is 613 g/mol. The molecule has 0 radical (unpaired) electrons. The summed E-state index contributed by atoms with van der Waals surface area (Å²) in [6, 6.07) is 0. The third kappa shape index (κ3) is 32.3. The number of allylic oxidation sites excluding steroid dienone is 12. The second kappa shape index (κ2) is 34.8. The van der Waals surface area contributed by atoms with Gasteiger partial charge in [-0.25, -0.2) is 0 Å². The molecule has 0 aliphatic rings. The van der Waals surface area contributed by atoms with E-state index < -0.39 is 6.10 Å². The van der Waals surface area contributed by atoms with E-state index in [2.05, 4.69) is 86.8 Å². The van der Waals surface area contributed by atoms with Gasteiger partial charge in [0.1, 0.15) is 6.61 Å². The molecule has 0 aromatic carbocycles. The number of ether oxygens (including phenoxy) is 2. The molecule has 0 aromatic heterocycles. The predicted molar refractivity (Wildman–Crippen MR) is 186 cm³/mol. The topological polar surface area (TPSA) is 72.8 Å². The maximum absolute atomic E-state index is 12.1. The third-order valence-corrected chi connectivity index (χ3v) is 6.98. The van der Waals surface area contributed by atoms with Crippen LogP contribution < -0.4 is 0 Å². The smallest absolute Gasteiger partial charge is 0.306 e. The minimum Gasteiger partial charge on any atom is -0.462 e. The van der Waals surface area contributed by atoms with E-state index in [9.17, 15) is 14.7 Å². The SMILES string of the molecule is CCC=CCC=CCC=CCC=CCC=CCCCC(=O)OC[C@H](CO)OC(=O)CCCCCCCC=CCCCCCC. The van der Waals surface area contributed by atoms with Crippen molar-refractivity contribution in [2.75, 3.05) is 13.2 Å². The zero-order chi connectivity index (χ0) is 32.2. The van der Waals surface area contributed by atoms with Gasteiger partial charge in [-0.15, -0.1) is 0 Å². The molecule has 0 saturated heterocycles. The first-order valence-corrected chi connectivity index (χ1v) is 17.5. The summed E-state index contributed by atoms with van der Waals surface area (Å²) in [7, 11) is 0. The molecular weight excluding hydrogens is 548 g/mol. The molecule has 0 aliphatic heterocycles. The zero-order valence-corrected chi connectivity index (χ0v) is 28.1. The molecule has 5 nitrogen and oxygen atoms in total. The number of carbonyl (C=O) groups is 2. The Morgan fingerprint density at radius 2 is 1.00 bits per heavy atom. The van der Waals surface area contributed by atoms with E-state index in [-0.39, 0.29) is 25.2 Å². The van der Waals surface area contributed by atoms with Crippen molar-refractivity contribution in [3.05, 3.63) is 72.9 Å². The van der Waals surface area contributed by atoms with Crippen LogP contribution in [0, 0.1) is 0 Å². The number of hydrogen-bond acceptors (Lipinski definition) is 5. The lowest BCUT2D eigenvalue weighted by molar-refractivity contribution is -0.161. The maximum Gasteiger partial charge on any atom is 0.306 e. The van der Waals surface area contributed by atoms with Crippen LogP contribution in [0.5, 0.6) is 0 Å². The summed E-state index contributed by atoms with van der Waals surface area (Å²) in [6.07, 6.45) is 45.3. The van der Waals surface area contributed by atoms with Gasteiger partial charge >= 0.3 is 11.9 Å². The van der Waals surface area contributed by atoms with Crippen molar-refractivity contribution in [2.24, 2.45) is 0 Å². The van der Waals surface area contributed by atoms with Crippen molar-refractivity contribution in [3.63, 3.8) is 0 Å². The number of aliphatic hydroxyl groups is 1. The van der Waals surface area contributed by atoms with Gasteiger partial charge in [0.2, 0.25) is 0 Å². The van der Waals surface area contributed by atoms with Crippen LogP contribution in [-0.2, 0) is 19.1 Å². The second-order valence-corrected chi connectivity index (χ2v) is 11.2. The van der Waals surface area contributed by atoms with Gasteiger partial charge < -0.3 is 14.6 Å². The van der Waals surface area contributed by atoms with Crippen molar-refractivity contribution in [1.29, 1.82) is 0 Å². The molecule has 0 fully saturated rings. The summed E-state index contributed by atoms with van der Waals surface area (Å²) >= 11 is 0. The fourth-order valence-corrected chi connectivity index (χ4v) is 4.35. The lowest BCUT2D eigenvalue weighted by Gasteiger charge is -2.15. The van der Waals surface area contributed by atoms with Gasteiger partial charge in [0, 0.05) is 12.8 Å². The Hall–Kier alpha value is -2.66. The largest absolute Gasteiger partial charge is 0.462 e. The number of rotatable bonds is 30. The zero-order valence-electron chi connectivity index (χ0n) is 28.1. The molecule has 1 N–H and O–H groups in total. The second-order valence-electron chi connectivity index (χ2n) is 11.2. The monoisotopic (exact) mass is 612 g/mol. The van der Waals surface area contributed by atoms with Gasteiger partial charge in [0.15, 0.2) is 6.10 Å². The van der Waals surface area contributed by atoms with Crippen LogP contribution in [0.4, 0.5) is 0 Å². The molecule has 0 spiro atoms. The van der Waals surface area contributed by atoms with E-state index in [1.54, 1.807) is 0 Å². The van der Waals surface area contributed by atoms with Crippen molar-refractivity contribution in [3.8, 4) is 0 Å². The first-order chi connectivity index (χ1) is 21.6. The highest BCUT2D eigenvalue weighted by Gasteiger charge is 2.15. The van der Waals surface area contributed by atoms with E-state index in [4.69, 9.17) is 9.47 Å². The fourth-order valence-electron chi connectivity index (χ4n) is 4.35. The van der Waals surface area contributed by atoms with Crippen LogP contribution in [0.1, 0.15) is 142 Å². The fraction of sp³-hybridized carbons (Fsp3) is 0.641. The minimum absolute atomic E-state index is 0.102. The van der Waals surface area contributed by atoms with Crippen LogP contribution in [0.3, 0.4) is 0 Å². The molecule has 0 unspecified atom stereocenters. The molecule has 5 heteroatoms. The van der Waals surface area contributed by atoms with Gasteiger partial charge in [0.05, 0.1) is 6.61 Å². The predicted octanol–water partition coefficient (Wildman–Crippen LogP) is 10.6. The minimum atomic E-state index is -0.800. The van der Waals surface area contributed by atoms with Crippen molar-refractivity contribution >= 4 is 11.9 Å². The summed E-state index contributed by atoms with van der Waals surface area (Å²) < 4.78 is 10.5. The van der Waals surface area contributed by atoms with Crippen molar-refractivity contribution in [1.82, 2.24) is 0 Å². The molecule has 0 saturated carbocycles. The Kier molecular flexibility index (Phi) is 32.7. The Labute approximate surface area is 270 Å². The highest BCUT2D eigenvalue weighted by atomic mass is 16.6. The molecule has 0 rings (SSSR count). The summed E-state index contributed by atoms with van der Waals surface area (Å²) in [5.41, 5.74) is 0. The number of esters is 2. The normalized spacial score (nSPS) is 13.1. The number of hydrogen-bond donors (Lipinski definition) is 1. The standard InChI is InChI=1S/C39H64O5/c1-3-5-7-9-11-13-15-17-18-19-20-22-23-25-27-29-31-33-38(41)43-36-37(35-40)44-39(42)34-32-30-28-26-24-21-16-14-12-10-8-6-4-2/h5,7,11,13-14,16-18,20,22,25,27,37,40H,3-4,6,8-10,12,15,19,21,23-24,26,28-36H2,1-2H3/t37-/m0/s1. The highest BCUT2D eigenvalue weighted by Crippen LogP contribution is 2.10. The average Bonchev–Trinajstić information content (AvgIpc) is 3.02. The molecule has 0 amide bonds. The van der Waals surface area contributed by atoms with Crippen LogP contribution >= 0.6 is 0 Å². The van der Waals surface area contributed by atoms with Crippen molar-refractivity contribution in [2.45, 2.75) is 148 Å². The number of carbonyl (C=O) groups excluding carboxylic acids is 2. The molecule has 250 valence electrons. The van der Waals surface area contributed by atoms with Gasteiger partial charge in [0.25, 0.3) is 0 Å². The van der Waals surface area contributed by atoms with E-state index in [1.807, 2.05) is 0 Å². The first kappa shape index (κ1) is 41.3. The van der Waals surface area contributed by atoms with Gasteiger partial charge in [-0.1, -0.05) is 125 Å². The summed E-state index contributed by atoms with van der Waals surface area (Å²) in [6.45, 7) is 3.92. The van der Waals surface area contributed by atoms with Crippen LogP contribution in [0.15, 0.2) is 72.9 Å². The molecular formula is C39H64O5. The summed E-state index contributed by atoms with van der Waals surface area (Å²) in [5.74, 6) is -0.678. The molecule has 1 atom stereocenters. The van der Waals surface area contributed by atoms with E-state index in [0.717, 1.165) is 64.2 Å². The van der Waals surface area contributed by atoms with Crippen LogP contribution in [-0.4, -0.2) is 36.4 Å². The third-order valence-electron chi connectivity index (χ3n) is 6.98. The van der Waals surface area contributed by atoms with Gasteiger partial charge in [-0.05, 0) is 77.0 Å². The Bertz CT molecular complexity index is 833. The Morgan fingerprint density at radius 1 is 0.545 bits per heavy atom. The Balaban J connectivity index is 3.73. The summed E-state index contributed by atoms with van der Waals surface area (Å²) in [5, 5.41) is 9.51. The lowest BCUT2D eigenvalue weighted by atomic mass is 10.1. The molecule has 0 bridgehead atoms. The van der Waals surface area contributed by atoms with Gasteiger partial charge in [-0.3, -0.25) is 9.59 Å². The van der Waals surface area contributed by atoms with E-state index >= 15 is 0 Å². The molecule has 0 heterocycles. The van der Waals surface area contributed by atoms with Crippen molar-refractivity contribution < 1.29 is 24.2 Å². The quantitative estimate of drug-likeness (QED) is 0.0496. The molecule has 0 aromatic rings. The molecule has 0 aliphatic carbocycles. The van der Waals surface area contributed by atoms with E-state index in [0.29, 0.717) is 19.3 Å². The lowest BCUT2D eigenvalue weighted by Crippen LogP contribution is -2.28. The molecule has 44 heavy (non-hydrogen) atoms. The summed E-state index contributed by atoms with van der Waals surface area (Å²) in [4.78, 5) is 24.1. The van der Waals surface area contributed by atoms with Crippen LogP contribution in [0.25, 0.3) is 0 Å². The maximum atomic E-state index is 12.1. The number of aliphatic hydroxyl groups excluding tert-OH is 1. The van der Waals surface area contributed by atoms with Crippen LogP contribution in [0.2, 0.25) is 0 Å². The highest BCUT2D eigenvalue weighted by molar-refractivity contribution is 5.70. The Morgan fingerprint density at radius 3 is 1.57 bits per heavy atom. The number of unbranched alkanes of at least 4 members (excludes halogenated alkanes) is 10. The van der Waals surface area contributed by atoms with E-state index in [1.165, 1.54) is 44.9 Å².